The van der Waals surface area contributed by atoms with Crippen molar-refractivity contribution >= 4 is 23.2 Å². The van der Waals surface area contributed by atoms with Crippen LogP contribution in [0, 0.1) is 0 Å². The third kappa shape index (κ3) is 2.85. The summed E-state index contributed by atoms with van der Waals surface area (Å²) < 4.78 is 10.6. The second kappa shape index (κ2) is 6.35. The molecular formula is C15H14Cl2O3. The average molecular weight is 313 g/mol. The van der Waals surface area contributed by atoms with Gasteiger partial charge in [-0.1, -0.05) is 35.3 Å². The van der Waals surface area contributed by atoms with Crippen LogP contribution >= 0.6 is 23.2 Å². The van der Waals surface area contributed by atoms with E-state index in [9.17, 15) is 5.11 Å². The SMILES string of the molecule is COc1cccc(OC)c1C(O)c1ccc(Cl)c(Cl)c1. The highest BCUT2D eigenvalue weighted by molar-refractivity contribution is 6.42. The fraction of sp³-hybridized carbons (Fsp3) is 0.200. The number of ether oxygens (including phenoxy) is 2. The number of halogens is 2. The first-order valence-electron chi connectivity index (χ1n) is 5.92. The molecule has 2 aromatic carbocycles. The van der Waals surface area contributed by atoms with Gasteiger partial charge in [-0.15, -0.1) is 0 Å². The smallest absolute Gasteiger partial charge is 0.128 e. The van der Waals surface area contributed by atoms with Crippen molar-refractivity contribution in [3.8, 4) is 11.5 Å². The maximum Gasteiger partial charge on any atom is 0.128 e. The van der Waals surface area contributed by atoms with Gasteiger partial charge < -0.3 is 14.6 Å². The lowest BCUT2D eigenvalue weighted by atomic mass is 9.99. The molecule has 0 bridgehead atoms. The zero-order chi connectivity index (χ0) is 14.7. The van der Waals surface area contributed by atoms with Gasteiger partial charge in [-0.2, -0.15) is 0 Å². The number of aliphatic hydroxyl groups excluding tert-OH is 1. The molecule has 0 saturated heterocycles. The molecule has 0 amide bonds. The van der Waals surface area contributed by atoms with Crippen LogP contribution in [0.1, 0.15) is 17.2 Å². The Labute approximate surface area is 127 Å². The molecule has 0 radical (unpaired) electrons. The van der Waals surface area contributed by atoms with E-state index >= 15 is 0 Å². The van der Waals surface area contributed by atoms with E-state index in [1.54, 1.807) is 50.6 Å². The zero-order valence-electron chi connectivity index (χ0n) is 11.1. The van der Waals surface area contributed by atoms with Crippen molar-refractivity contribution in [3.63, 3.8) is 0 Å². The molecule has 0 saturated carbocycles. The topological polar surface area (TPSA) is 38.7 Å². The monoisotopic (exact) mass is 312 g/mol. The second-order valence-electron chi connectivity index (χ2n) is 4.15. The summed E-state index contributed by atoms with van der Waals surface area (Å²) in [6.07, 6.45) is -0.920. The number of hydrogen-bond acceptors (Lipinski definition) is 3. The first-order chi connectivity index (χ1) is 9.58. The Bertz CT molecular complexity index is 592. The lowest BCUT2D eigenvalue weighted by Crippen LogP contribution is -2.05. The molecule has 0 fully saturated rings. The van der Waals surface area contributed by atoms with Crippen LogP contribution in [0.2, 0.25) is 10.0 Å². The molecule has 0 aliphatic carbocycles. The van der Waals surface area contributed by atoms with Crippen molar-refractivity contribution in [2.75, 3.05) is 14.2 Å². The summed E-state index contributed by atoms with van der Waals surface area (Å²) in [6.45, 7) is 0. The van der Waals surface area contributed by atoms with E-state index in [1.165, 1.54) is 0 Å². The number of hydrogen-bond donors (Lipinski definition) is 1. The Morgan fingerprint density at radius 3 is 2.05 bits per heavy atom. The van der Waals surface area contributed by atoms with Crippen molar-refractivity contribution < 1.29 is 14.6 Å². The van der Waals surface area contributed by atoms with Gasteiger partial charge in [0.25, 0.3) is 0 Å². The third-order valence-corrected chi connectivity index (χ3v) is 3.74. The van der Waals surface area contributed by atoms with Gasteiger partial charge in [0.05, 0.1) is 29.8 Å². The van der Waals surface area contributed by atoms with Crippen LogP contribution < -0.4 is 9.47 Å². The van der Waals surface area contributed by atoms with Crippen molar-refractivity contribution in [1.29, 1.82) is 0 Å². The lowest BCUT2D eigenvalue weighted by molar-refractivity contribution is 0.209. The summed E-state index contributed by atoms with van der Waals surface area (Å²) in [7, 11) is 3.08. The summed E-state index contributed by atoms with van der Waals surface area (Å²) >= 11 is 11.9. The second-order valence-corrected chi connectivity index (χ2v) is 4.97. The molecule has 5 heteroatoms. The summed E-state index contributed by atoms with van der Waals surface area (Å²) in [5.41, 5.74) is 1.16. The standard InChI is InChI=1S/C15H14Cl2O3/c1-19-12-4-3-5-13(20-2)14(12)15(18)9-6-7-10(16)11(17)8-9/h3-8,15,18H,1-2H3. The van der Waals surface area contributed by atoms with Gasteiger partial charge in [-0.05, 0) is 29.8 Å². The van der Waals surface area contributed by atoms with E-state index in [4.69, 9.17) is 32.7 Å². The first-order valence-corrected chi connectivity index (χ1v) is 6.68. The fourth-order valence-electron chi connectivity index (χ4n) is 2.00. The maximum atomic E-state index is 10.6. The van der Waals surface area contributed by atoms with Crippen LogP contribution in [0.25, 0.3) is 0 Å². The van der Waals surface area contributed by atoms with Crippen LogP contribution in [-0.4, -0.2) is 19.3 Å². The summed E-state index contributed by atoms with van der Waals surface area (Å²) in [4.78, 5) is 0. The molecule has 0 aliphatic heterocycles. The highest BCUT2D eigenvalue weighted by atomic mass is 35.5. The Morgan fingerprint density at radius 2 is 1.55 bits per heavy atom. The Kier molecular flexibility index (Phi) is 4.76. The number of aliphatic hydroxyl groups is 1. The molecule has 0 heterocycles. The van der Waals surface area contributed by atoms with Gasteiger partial charge >= 0.3 is 0 Å². The van der Waals surface area contributed by atoms with Crippen molar-refractivity contribution in [2.45, 2.75) is 6.10 Å². The van der Waals surface area contributed by atoms with E-state index in [0.717, 1.165) is 0 Å². The summed E-state index contributed by atoms with van der Waals surface area (Å²) in [5, 5.41) is 11.4. The van der Waals surface area contributed by atoms with Crippen LogP contribution in [0.15, 0.2) is 36.4 Å². The Balaban J connectivity index is 2.51. The predicted octanol–water partition coefficient (Wildman–Crippen LogP) is 4.09. The van der Waals surface area contributed by atoms with Gasteiger partial charge in [0.2, 0.25) is 0 Å². The van der Waals surface area contributed by atoms with Gasteiger partial charge in [0.15, 0.2) is 0 Å². The average Bonchev–Trinajstić information content (AvgIpc) is 2.48. The van der Waals surface area contributed by atoms with Crippen LogP contribution in [0.4, 0.5) is 0 Å². The van der Waals surface area contributed by atoms with Gasteiger partial charge in [-0.25, -0.2) is 0 Å². The van der Waals surface area contributed by atoms with Crippen LogP contribution in [0.5, 0.6) is 11.5 Å². The molecule has 3 nitrogen and oxygen atoms in total. The molecular weight excluding hydrogens is 299 g/mol. The fourth-order valence-corrected chi connectivity index (χ4v) is 2.31. The number of rotatable bonds is 4. The minimum Gasteiger partial charge on any atom is -0.496 e. The van der Waals surface area contributed by atoms with Gasteiger partial charge in [0.1, 0.15) is 17.6 Å². The minimum atomic E-state index is -0.920. The minimum absolute atomic E-state index is 0.386. The van der Waals surface area contributed by atoms with Crippen LogP contribution in [-0.2, 0) is 0 Å². The molecule has 0 aromatic heterocycles. The highest BCUT2D eigenvalue weighted by Crippen LogP contribution is 2.38. The molecule has 1 unspecified atom stereocenters. The summed E-state index contributed by atoms with van der Waals surface area (Å²) in [6, 6.07) is 10.3. The molecule has 106 valence electrons. The quantitative estimate of drug-likeness (QED) is 0.924. The van der Waals surface area contributed by atoms with E-state index in [0.29, 0.717) is 32.7 Å². The molecule has 2 rings (SSSR count). The van der Waals surface area contributed by atoms with Crippen molar-refractivity contribution in [2.24, 2.45) is 0 Å². The van der Waals surface area contributed by atoms with Gasteiger partial charge in [-0.3, -0.25) is 0 Å². The Hall–Kier alpha value is -1.42. The van der Waals surface area contributed by atoms with E-state index in [2.05, 4.69) is 0 Å². The van der Waals surface area contributed by atoms with E-state index in [-0.39, 0.29) is 0 Å². The van der Waals surface area contributed by atoms with Crippen molar-refractivity contribution in [3.05, 3.63) is 57.6 Å². The summed E-state index contributed by atoms with van der Waals surface area (Å²) in [5.74, 6) is 1.09. The molecule has 2 aromatic rings. The predicted molar refractivity (Wildman–Crippen MR) is 80.1 cm³/mol. The van der Waals surface area contributed by atoms with Crippen LogP contribution in [0.3, 0.4) is 0 Å². The molecule has 1 atom stereocenters. The normalized spacial score (nSPS) is 12.1. The lowest BCUT2D eigenvalue weighted by Gasteiger charge is -2.18. The van der Waals surface area contributed by atoms with Gasteiger partial charge in [0, 0.05) is 0 Å². The molecule has 20 heavy (non-hydrogen) atoms. The van der Waals surface area contributed by atoms with Crippen molar-refractivity contribution in [1.82, 2.24) is 0 Å². The highest BCUT2D eigenvalue weighted by Gasteiger charge is 2.21. The number of benzene rings is 2. The first kappa shape index (κ1) is 15.0. The zero-order valence-corrected chi connectivity index (χ0v) is 12.6. The van der Waals surface area contributed by atoms with E-state index in [1.807, 2.05) is 0 Å². The maximum absolute atomic E-state index is 10.6. The molecule has 1 N–H and O–H groups in total. The molecule has 0 spiro atoms. The van der Waals surface area contributed by atoms with E-state index < -0.39 is 6.10 Å². The third-order valence-electron chi connectivity index (χ3n) is 3.00. The molecule has 0 aliphatic rings. The largest absolute Gasteiger partial charge is 0.496 e. The Morgan fingerprint density at radius 1 is 0.950 bits per heavy atom. The number of methoxy groups -OCH3 is 2.